The van der Waals surface area contributed by atoms with Crippen molar-refractivity contribution in [3.8, 4) is 0 Å². The Morgan fingerprint density at radius 1 is 0.870 bits per heavy atom. The maximum absolute atomic E-state index is 11.8. The Kier molecular flexibility index (Phi) is 4.57. The molecule has 0 aromatic heterocycles. The summed E-state index contributed by atoms with van der Waals surface area (Å²) in [6.45, 7) is 2.05. The third-order valence-electron chi connectivity index (χ3n) is 3.65. The van der Waals surface area contributed by atoms with Crippen molar-refractivity contribution in [1.82, 2.24) is 0 Å². The van der Waals surface area contributed by atoms with Crippen molar-refractivity contribution in [3.05, 3.63) is 83.9 Å². The second-order valence-electron chi connectivity index (χ2n) is 5.20. The number of carbonyl (C=O) groups is 1. The maximum Gasteiger partial charge on any atom is 0.509 e. The van der Waals surface area contributed by atoms with Gasteiger partial charge >= 0.3 is 6.16 Å². The second kappa shape index (κ2) is 6.97. The number of hydrogen-bond acceptors (Lipinski definition) is 3. The van der Waals surface area contributed by atoms with Crippen LogP contribution in [0.2, 0.25) is 0 Å². The van der Waals surface area contributed by atoms with Gasteiger partial charge in [-0.15, -0.1) is 0 Å². The Bertz CT molecular complexity index is 796. The van der Waals surface area contributed by atoms with E-state index in [2.05, 4.69) is 6.07 Å². The van der Waals surface area contributed by atoms with Gasteiger partial charge in [-0.3, -0.25) is 0 Å². The number of fused-ring (bicyclic) bond motifs is 1. The minimum absolute atomic E-state index is 0.290. The topological polar surface area (TPSA) is 35.5 Å². The summed E-state index contributed by atoms with van der Waals surface area (Å²) in [6.07, 6.45) is -1.14. The summed E-state index contributed by atoms with van der Waals surface area (Å²) in [4.78, 5) is 11.8. The van der Waals surface area contributed by atoms with E-state index >= 15 is 0 Å². The summed E-state index contributed by atoms with van der Waals surface area (Å²) in [5.41, 5.74) is 1.83. The third kappa shape index (κ3) is 3.51. The summed E-state index contributed by atoms with van der Waals surface area (Å²) in [5, 5.41) is 2.26. The number of benzene rings is 3. The van der Waals surface area contributed by atoms with E-state index in [0.29, 0.717) is 0 Å². The minimum atomic E-state index is -0.658. The second-order valence-corrected chi connectivity index (χ2v) is 5.20. The van der Waals surface area contributed by atoms with Crippen molar-refractivity contribution in [2.75, 3.05) is 6.61 Å². The minimum Gasteiger partial charge on any atom is -0.435 e. The molecule has 0 fully saturated rings. The lowest BCUT2D eigenvalue weighted by Crippen LogP contribution is -2.14. The standard InChI is InChI=1S/C20H18O3/c1-2-22-20(21)23-19(16-9-4-3-5-10-16)18-13-12-15-8-6-7-11-17(15)14-18/h3-14,19H,2H2,1H3. The first-order valence-corrected chi connectivity index (χ1v) is 7.65. The van der Waals surface area contributed by atoms with Crippen LogP contribution in [0.3, 0.4) is 0 Å². The molecule has 116 valence electrons. The highest BCUT2D eigenvalue weighted by molar-refractivity contribution is 5.83. The SMILES string of the molecule is CCOC(=O)OC(c1ccccc1)c1ccc2ccccc2c1. The molecule has 0 saturated heterocycles. The number of ether oxygens (including phenoxy) is 2. The molecule has 3 aromatic rings. The van der Waals surface area contributed by atoms with Crippen LogP contribution < -0.4 is 0 Å². The predicted octanol–water partition coefficient (Wildman–Crippen LogP) is 5.10. The van der Waals surface area contributed by atoms with E-state index in [1.165, 1.54) is 0 Å². The molecular weight excluding hydrogens is 288 g/mol. The molecule has 23 heavy (non-hydrogen) atoms. The lowest BCUT2D eigenvalue weighted by Gasteiger charge is -2.19. The van der Waals surface area contributed by atoms with E-state index in [4.69, 9.17) is 9.47 Å². The average molecular weight is 306 g/mol. The van der Waals surface area contributed by atoms with E-state index in [1.54, 1.807) is 6.92 Å². The Morgan fingerprint density at radius 3 is 2.30 bits per heavy atom. The van der Waals surface area contributed by atoms with E-state index in [1.807, 2.05) is 66.7 Å². The van der Waals surface area contributed by atoms with E-state index < -0.39 is 12.3 Å². The first-order valence-electron chi connectivity index (χ1n) is 7.65. The highest BCUT2D eigenvalue weighted by Crippen LogP contribution is 2.29. The maximum atomic E-state index is 11.8. The smallest absolute Gasteiger partial charge is 0.435 e. The highest BCUT2D eigenvalue weighted by Gasteiger charge is 2.20. The van der Waals surface area contributed by atoms with Crippen molar-refractivity contribution < 1.29 is 14.3 Å². The Hall–Kier alpha value is -2.81. The monoisotopic (exact) mass is 306 g/mol. The molecule has 0 aliphatic carbocycles. The molecular formula is C20H18O3. The van der Waals surface area contributed by atoms with Crippen LogP contribution in [0.5, 0.6) is 0 Å². The van der Waals surface area contributed by atoms with Crippen molar-refractivity contribution >= 4 is 16.9 Å². The van der Waals surface area contributed by atoms with Crippen molar-refractivity contribution in [2.24, 2.45) is 0 Å². The van der Waals surface area contributed by atoms with Gasteiger partial charge in [0, 0.05) is 0 Å². The van der Waals surface area contributed by atoms with E-state index in [-0.39, 0.29) is 6.61 Å². The molecule has 0 bridgehead atoms. The Labute approximate surface area is 135 Å². The summed E-state index contributed by atoms with van der Waals surface area (Å²) in [5.74, 6) is 0. The van der Waals surface area contributed by atoms with Crippen LogP contribution in [0.25, 0.3) is 10.8 Å². The lowest BCUT2D eigenvalue weighted by atomic mass is 9.98. The Morgan fingerprint density at radius 2 is 1.57 bits per heavy atom. The van der Waals surface area contributed by atoms with Crippen LogP contribution in [0, 0.1) is 0 Å². The fourth-order valence-corrected chi connectivity index (χ4v) is 2.58. The van der Waals surface area contributed by atoms with Crippen molar-refractivity contribution in [1.29, 1.82) is 0 Å². The molecule has 0 saturated carbocycles. The van der Waals surface area contributed by atoms with Gasteiger partial charge in [0.25, 0.3) is 0 Å². The summed E-state index contributed by atoms with van der Waals surface area (Å²) in [6, 6.07) is 23.9. The molecule has 3 rings (SSSR count). The molecule has 3 heteroatoms. The molecule has 0 aliphatic heterocycles. The van der Waals surface area contributed by atoms with Gasteiger partial charge in [-0.2, -0.15) is 0 Å². The lowest BCUT2D eigenvalue weighted by molar-refractivity contribution is 0.0380. The molecule has 0 radical (unpaired) electrons. The van der Waals surface area contributed by atoms with Gasteiger partial charge in [0.05, 0.1) is 6.61 Å². The summed E-state index contributed by atoms with van der Waals surface area (Å²) < 4.78 is 10.5. The van der Waals surface area contributed by atoms with E-state index in [0.717, 1.165) is 21.9 Å². The van der Waals surface area contributed by atoms with Gasteiger partial charge in [-0.25, -0.2) is 4.79 Å². The zero-order chi connectivity index (χ0) is 16.1. The number of rotatable bonds is 4. The fraction of sp³-hybridized carbons (Fsp3) is 0.150. The fourth-order valence-electron chi connectivity index (χ4n) is 2.58. The van der Waals surface area contributed by atoms with Crippen LogP contribution in [0.4, 0.5) is 4.79 Å². The van der Waals surface area contributed by atoms with Crippen LogP contribution in [0.1, 0.15) is 24.2 Å². The first-order chi connectivity index (χ1) is 11.3. The van der Waals surface area contributed by atoms with Crippen molar-refractivity contribution in [3.63, 3.8) is 0 Å². The zero-order valence-electron chi connectivity index (χ0n) is 12.9. The third-order valence-corrected chi connectivity index (χ3v) is 3.65. The molecule has 3 aromatic carbocycles. The average Bonchev–Trinajstić information content (AvgIpc) is 2.60. The molecule has 1 atom stereocenters. The quantitative estimate of drug-likeness (QED) is 0.629. The van der Waals surface area contributed by atoms with Gasteiger partial charge in [0.2, 0.25) is 0 Å². The van der Waals surface area contributed by atoms with Gasteiger partial charge in [-0.1, -0.05) is 66.7 Å². The zero-order valence-corrected chi connectivity index (χ0v) is 12.9. The van der Waals surface area contributed by atoms with Gasteiger partial charge in [-0.05, 0) is 34.9 Å². The van der Waals surface area contributed by atoms with Gasteiger partial charge in [0.1, 0.15) is 0 Å². The molecule has 0 spiro atoms. The number of hydrogen-bond donors (Lipinski definition) is 0. The highest BCUT2D eigenvalue weighted by atomic mass is 16.7. The predicted molar refractivity (Wildman–Crippen MR) is 90.3 cm³/mol. The number of carbonyl (C=O) groups excluding carboxylic acids is 1. The molecule has 3 nitrogen and oxygen atoms in total. The van der Waals surface area contributed by atoms with Crippen LogP contribution in [-0.4, -0.2) is 12.8 Å². The molecule has 0 N–H and O–H groups in total. The van der Waals surface area contributed by atoms with Crippen LogP contribution in [0.15, 0.2) is 72.8 Å². The van der Waals surface area contributed by atoms with E-state index in [9.17, 15) is 4.79 Å². The normalized spacial score (nSPS) is 11.9. The van der Waals surface area contributed by atoms with Gasteiger partial charge in [0.15, 0.2) is 6.10 Å². The molecule has 1 unspecified atom stereocenters. The van der Waals surface area contributed by atoms with Crippen molar-refractivity contribution in [2.45, 2.75) is 13.0 Å². The molecule has 0 aliphatic rings. The largest absolute Gasteiger partial charge is 0.509 e. The Balaban J connectivity index is 2.00. The summed E-state index contributed by atoms with van der Waals surface area (Å²) >= 11 is 0. The van der Waals surface area contributed by atoms with Crippen LogP contribution >= 0.6 is 0 Å². The first kappa shape index (κ1) is 15.1. The van der Waals surface area contributed by atoms with Crippen LogP contribution in [-0.2, 0) is 9.47 Å². The van der Waals surface area contributed by atoms with Gasteiger partial charge < -0.3 is 9.47 Å². The molecule has 0 amide bonds. The summed E-state index contributed by atoms with van der Waals surface area (Å²) in [7, 11) is 0. The molecule has 0 heterocycles.